The molecule has 0 saturated carbocycles. The largest absolute Gasteiger partial charge is 0.497 e. The lowest BCUT2D eigenvalue weighted by atomic mass is 9.75. The maximum absolute atomic E-state index is 14.2. The van der Waals surface area contributed by atoms with E-state index >= 15 is 0 Å². The van der Waals surface area contributed by atoms with E-state index in [1.54, 1.807) is 42.3 Å². The van der Waals surface area contributed by atoms with Gasteiger partial charge in [-0.1, -0.05) is 59.7 Å². The van der Waals surface area contributed by atoms with E-state index in [2.05, 4.69) is 26.0 Å². The Hall–Kier alpha value is -3.58. The normalized spacial score (nSPS) is 23.0. The van der Waals surface area contributed by atoms with Crippen LogP contribution < -0.4 is 14.4 Å². The van der Waals surface area contributed by atoms with Gasteiger partial charge in [-0.2, -0.15) is 0 Å². The van der Waals surface area contributed by atoms with Crippen molar-refractivity contribution >= 4 is 29.3 Å². The number of aliphatic hydroxyl groups is 1. The first-order chi connectivity index (χ1) is 19.6. The number of allylic oxidation sites excluding steroid dienone is 2. The van der Waals surface area contributed by atoms with Gasteiger partial charge in [0.1, 0.15) is 17.1 Å². The van der Waals surface area contributed by atoms with Crippen molar-refractivity contribution in [2.24, 2.45) is 0 Å². The number of hydrogen-bond donors (Lipinski definition) is 1. The summed E-state index contributed by atoms with van der Waals surface area (Å²) in [6.45, 7) is 6.41. The van der Waals surface area contributed by atoms with Crippen LogP contribution in [0.3, 0.4) is 0 Å². The summed E-state index contributed by atoms with van der Waals surface area (Å²) >= 11 is 6.52. The number of halogens is 1. The van der Waals surface area contributed by atoms with E-state index in [1.165, 1.54) is 12.7 Å². The number of carbonyl (C=O) groups excluding carboxylic acids is 1. The first-order valence-corrected chi connectivity index (χ1v) is 14.1. The number of ether oxygens (including phenoxy) is 3. The van der Waals surface area contributed by atoms with Crippen molar-refractivity contribution in [3.8, 4) is 11.5 Å². The molecule has 3 aromatic carbocycles. The fourth-order valence-corrected chi connectivity index (χ4v) is 5.88. The SMILES string of the molecule is COc1ccc([C@]2(O)c3c(ccc4c3O[C@@](C)(CCC=C(C)C)C=C4)N(Cc3ccccc3Cl)C(=O)[C@H]2OC)cc1. The Kier molecular flexibility index (Phi) is 8.02. The van der Waals surface area contributed by atoms with Crippen molar-refractivity contribution in [1.29, 1.82) is 0 Å². The number of hydrogen-bond acceptors (Lipinski definition) is 5. The Morgan fingerprint density at radius 1 is 1.10 bits per heavy atom. The van der Waals surface area contributed by atoms with Crippen LogP contribution >= 0.6 is 11.6 Å². The Morgan fingerprint density at radius 2 is 1.83 bits per heavy atom. The van der Waals surface area contributed by atoms with Crippen LogP contribution in [0, 0.1) is 0 Å². The van der Waals surface area contributed by atoms with Gasteiger partial charge in [-0.05, 0) is 81.1 Å². The molecule has 3 aromatic rings. The first kappa shape index (κ1) is 28.9. The van der Waals surface area contributed by atoms with Crippen LogP contribution in [0.25, 0.3) is 6.08 Å². The molecule has 3 atom stereocenters. The standard InChI is InChI=1S/C34H36ClNO5/c1-22(2)9-8-19-33(3)20-18-23-12-17-28-29(30(23)41-33)34(38,25-13-15-26(39-4)16-14-25)31(40-5)32(37)36(28)21-24-10-6-7-11-27(24)35/h6-7,9-18,20,31,38H,8,19,21H2,1-5H3/t31-,33+,34+/m1/s1. The van der Waals surface area contributed by atoms with Gasteiger partial charge >= 0.3 is 0 Å². The van der Waals surface area contributed by atoms with Crippen molar-refractivity contribution in [2.75, 3.05) is 19.1 Å². The average Bonchev–Trinajstić information content (AvgIpc) is 2.95. The molecule has 2 aliphatic heterocycles. The summed E-state index contributed by atoms with van der Waals surface area (Å²) in [5.74, 6) is 0.785. The number of amides is 1. The predicted molar refractivity (Wildman–Crippen MR) is 163 cm³/mol. The minimum Gasteiger partial charge on any atom is -0.497 e. The third kappa shape index (κ3) is 5.28. The van der Waals surface area contributed by atoms with Gasteiger partial charge in [0, 0.05) is 17.7 Å². The topological polar surface area (TPSA) is 68.2 Å². The molecule has 0 aromatic heterocycles. The minimum atomic E-state index is -1.85. The molecular formula is C34H36ClNO5. The van der Waals surface area contributed by atoms with E-state index in [4.69, 9.17) is 25.8 Å². The fourth-order valence-electron chi connectivity index (χ4n) is 5.68. The molecule has 5 rings (SSSR count). The van der Waals surface area contributed by atoms with E-state index < -0.39 is 17.3 Å². The van der Waals surface area contributed by atoms with Crippen molar-refractivity contribution < 1.29 is 24.1 Å². The molecule has 0 bridgehead atoms. The van der Waals surface area contributed by atoms with Gasteiger partial charge in [0.05, 0.1) is 24.9 Å². The highest BCUT2D eigenvalue weighted by Crippen LogP contribution is 2.52. The van der Waals surface area contributed by atoms with Gasteiger partial charge in [-0.15, -0.1) is 0 Å². The molecule has 6 nitrogen and oxygen atoms in total. The highest BCUT2D eigenvalue weighted by atomic mass is 35.5. The molecule has 0 aliphatic carbocycles. The molecule has 1 N–H and O–H groups in total. The highest BCUT2D eigenvalue weighted by molar-refractivity contribution is 6.31. The zero-order valence-corrected chi connectivity index (χ0v) is 24.9. The number of nitrogens with zero attached hydrogens (tertiary/aromatic N) is 1. The number of benzene rings is 3. The Bertz CT molecular complexity index is 1510. The lowest BCUT2D eigenvalue weighted by Crippen LogP contribution is -2.57. The second kappa shape index (κ2) is 11.4. The Labute approximate surface area is 246 Å². The highest BCUT2D eigenvalue weighted by Gasteiger charge is 2.55. The third-order valence-electron chi connectivity index (χ3n) is 7.90. The molecule has 0 unspecified atom stereocenters. The Balaban J connectivity index is 1.72. The molecule has 214 valence electrons. The van der Waals surface area contributed by atoms with E-state index in [0.29, 0.717) is 33.3 Å². The lowest BCUT2D eigenvalue weighted by Gasteiger charge is -2.46. The van der Waals surface area contributed by atoms with Gasteiger partial charge in [-0.3, -0.25) is 4.79 Å². The second-order valence-electron chi connectivity index (χ2n) is 11.1. The van der Waals surface area contributed by atoms with Crippen molar-refractivity contribution in [3.05, 3.63) is 106 Å². The van der Waals surface area contributed by atoms with Crippen LogP contribution in [-0.2, 0) is 21.7 Å². The van der Waals surface area contributed by atoms with Crippen LogP contribution in [0.5, 0.6) is 11.5 Å². The molecule has 41 heavy (non-hydrogen) atoms. The zero-order chi connectivity index (χ0) is 29.4. The fraction of sp³-hybridized carbons (Fsp3) is 0.324. The quantitative estimate of drug-likeness (QED) is 0.292. The van der Waals surface area contributed by atoms with Gasteiger partial charge in [-0.25, -0.2) is 0 Å². The van der Waals surface area contributed by atoms with Crippen LogP contribution in [0.15, 0.2) is 78.4 Å². The van der Waals surface area contributed by atoms with Crippen LogP contribution in [-0.4, -0.2) is 36.9 Å². The molecule has 0 fully saturated rings. The van der Waals surface area contributed by atoms with Crippen molar-refractivity contribution in [1.82, 2.24) is 0 Å². The predicted octanol–water partition coefficient (Wildman–Crippen LogP) is 7.06. The van der Waals surface area contributed by atoms with E-state index in [1.807, 2.05) is 43.3 Å². The Morgan fingerprint density at radius 3 is 2.49 bits per heavy atom. The zero-order valence-electron chi connectivity index (χ0n) is 24.1. The summed E-state index contributed by atoms with van der Waals surface area (Å²) < 4.78 is 18.0. The monoisotopic (exact) mass is 573 g/mol. The summed E-state index contributed by atoms with van der Waals surface area (Å²) in [5, 5.41) is 13.3. The van der Waals surface area contributed by atoms with Gasteiger partial charge < -0.3 is 24.2 Å². The summed E-state index contributed by atoms with van der Waals surface area (Å²) in [4.78, 5) is 15.8. The number of rotatable bonds is 8. The minimum absolute atomic E-state index is 0.205. The molecule has 0 spiro atoms. The van der Waals surface area contributed by atoms with E-state index in [9.17, 15) is 9.90 Å². The van der Waals surface area contributed by atoms with Gasteiger partial charge in [0.2, 0.25) is 0 Å². The molecule has 0 radical (unpaired) electrons. The van der Waals surface area contributed by atoms with Gasteiger partial charge in [0.15, 0.2) is 11.7 Å². The first-order valence-electron chi connectivity index (χ1n) is 13.7. The average molecular weight is 574 g/mol. The molecule has 0 saturated heterocycles. The summed E-state index contributed by atoms with van der Waals surface area (Å²) in [7, 11) is 3.02. The number of carbonyl (C=O) groups is 1. The maximum atomic E-state index is 14.2. The van der Waals surface area contributed by atoms with Crippen LogP contribution in [0.2, 0.25) is 5.02 Å². The summed E-state index contributed by atoms with van der Waals surface area (Å²) in [6, 6.07) is 18.3. The smallest absolute Gasteiger partial charge is 0.260 e. The summed E-state index contributed by atoms with van der Waals surface area (Å²) in [6.07, 6.45) is 6.63. The van der Waals surface area contributed by atoms with E-state index in [0.717, 1.165) is 24.0 Å². The van der Waals surface area contributed by atoms with Crippen molar-refractivity contribution in [3.63, 3.8) is 0 Å². The maximum Gasteiger partial charge on any atom is 0.260 e. The number of fused-ring (bicyclic) bond motifs is 3. The third-order valence-corrected chi connectivity index (χ3v) is 8.27. The van der Waals surface area contributed by atoms with Gasteiger partial charge in [0.25, 0.3) is 5.91 Å². The molecular weight excluding hydrogens is 538 g/mol. The molecule has 2 aliphatic rings. The van der Waals surface area contributed by atoms with Crippen LogP contribution in [0.4, 0.5) is 5.69 Å². The number of methoxy groups -OCH3 is 2. The molecule has 2 heterocycles. The van der Waals surface area contributed by atoms with Crippen molar-refractivity contribution in [2.45, 2.75) is 57.5 Å². The summed E-state index contributed by atoms with van der Waals surface area (Å²) in [5.41, 5.74) is 1.90. The molecule has 1 amide bonds. The number of anilines is 1. The second-order valence-corrected chi connectivity index (χ2v) is 11.5. The van der Waals surface area contributed by atoms with E-state index in [-0.39, 0.29) is 12.5 Å². The van der Waals surface area contributed by atoms with Crippen LogP contribution in [0.1, 0.15) is 55.9 Å². The molecule has 7 heteroatoms. The lowest BCUT2D eigenvalue weighted by molar-refractivity contribution is -0.146.